The SMILES string of the molecule is C=CCC1=C(F)CCc2ccccc21. The Kier molecular flexibility index (Phi) is 2.49. The highest BCUT2D eigenvalue weighted by Crippen LogP contribution is 2.33. The van der Waals surface area contributed by atoms with E-state index in [1.54, 1.807) is 6.08 Å². The van der Waals surface area contributed by atoms with Gasteiger partial charge in [-0.05, 0) is 29.5 Å². The van der Waals surface area contributed by atoms with Crippen LogP contribution in [0.25, 0.3) is 5.57 Å². The molecule has 0 saturated heterocycles. The number of hydrogen-bond donors (Lipinski definition) is 0. The normalized spacial score (nSPS) is 15.2. The van der Waals surface area contributed by atoms with E-state index in [4.69, 9.17) is 0 Å². The average Bonchev–Trinajstić information content (AvgIpc) is 2.23. The van der Waals surface area contributed by atoms with Crippen molar-refractivity contribution in [1.82, 2.24) is 0 Å². The predicted octanol–water partition coefficient (Wildman–Crippen LogP) is 3.89. The van der Waals surface area contributed by atoms with E-state index in [1.165, 1.54) is 5.56 Å². The van der Waals surface area contributed by atoms with Crippen LogP contribution in [0.3, 0.4) is 0 Å². The van der Waals surface area contributed by atoms with E-state index in [-0.39, 0.29) is 5.83 Å². The van der Waals surface area contributed by atoms with Gasteiger partial charge in [0.1, 0.15) is 5.83 Å². The molecule has 72 valence electrons. The molecule has 0 saturated carbocycles. The molecule has 1 aromatic carbocycles. The molecule has 0 atom stereocenters. The Balaban J connectivity index is 2.50. The number of allylic oxidation sites excluding steroid dienone is 3. The third-order valence-electron chi connectivity index (χ3n) is 2.63. The Morgan fingerprint density at radius 1 is 1.29 bits per heavy atom. The van der Waals surface area contributed by atoms with Gasteiger partial charge in [0.25, 0.3) is 0 Å². The van der Waals surface area contributed by atoms with E-state index in [0.717, 1.165) is 17.6 Å². The number of hydrogen-bond acceptors (Lipinski definition) is 0. The maximum Gasteiger partial charge on any atom is 0.104 e. The molecular weight excluding hydrogens is 175 g/mol. The van der Waals surface area contributed by atoms with Gasteiger partial charge in [-0.25, -0.2) is 4.39 Å². The second-order valence-corrected chi connectivity index (χ2v) is 3.53. The van der Waals surface area contributed by atoms with Crippen molar-refractivity contribution >= 4 is 5.57 Å². The Hall–Kier alpha value is -1.37. The minimum atomic E-state index is 0.0311. The summed E-state index contributed by atoms with van der Waals surface area (Å²) in [6, 6.07) is 8.03. The monoisotopic (exact) mass is 188 g/mol. The lowest BCUT2D eigenvalue weighted by Gasteiger charge is -2.18. The summed E-state index contributed by atoms with van der Waals surface area (Å²) < 4.78 is 13.5. The quantitative estimate of drug-likeness (QED) is 0.618. The van der Waals surface area contributed by atoms with Crippen LogP contribution in [0.4, 0.5) is 4.39 Å². The predicted molar refractivity (Wildman–Crippen MR) is 57.6 cm³/mol. The van der Waals surface area contributed by atoms with Crippen molar-refractivity contribution in [3.05, 3.63) is 53.9 Å². The molecule has 1 heteroatoms. The third kappa shape index (κ3) is 1.50. The minimum absolute atomic E-state index is 0.0311. The van der Waals surface area contributed by atoms with Crippen molar-refractivity contribution in [3.63, 3.8) is 0 Å². The Morgan fingerprint density at radius 2 is 2.07 bits per heavy atom. The fourth-order valence-electron chi connectivity index (χ4n) is 1.94. The Labute approximate surface area is 83.8 Å². The van der Waals surface area contributed by atoms with Crippen LogP contribution < -0.4 is 0 Å². The van der Waals surface area contributed by atoms with Crippen LogP contribution in [0.5, 0.6) is 0 Å². The molecule has 0 amide bonds. The summed E-state index contributed by atoms with van der Waals surface area (Å²) in [6.45, 7) is 3.66. The van der Waals surface area contributed by atoms with Gasteiger partial charge in [0.15, 0.2) is 0 Å². The van der Waals surface area contributed by atoms with Crippen molar-refractivity contribution < 1.29 is 4.39 Å². The summed E-state index contributed by atoms with van der Waals surface area (Å²) in [4.78, 5) is 0. The van der Waals surface area contributed by atoms with Gasteiger partial charge in [-0.2, -0.15) is 0 Å². The summed E-state index contributed by atoms with van der Waals surface area (Å²) >= 11 is 0. The van der Waals surface area contributed by atoms with Crippen LogP contribution in [0.15, 0.2) is 42.7 Å². The summed E-state index contributed by atoms with van der Waals surface area (Å²) in [5, 5.41) is 0. The van der Waals surface area contributed by atoms with Gasteiger partial charge in [-0.3, -0.25) is 0 Å². The van der Waals surface area contributed by atoms with Crippen molar-refractivity contribution in [2.45, 2.75) is 19.3 Å². The fourth-order valence-corrected chi connectivity index (χ4v) is 1.94. The number of halogens is 1. The van der Waals surface area contributed by atoms with E-state index in [2.05, 4.69) is 12.6 Å². The third-order valence-corrected chi connectivity index (χ3v) is 2.63. The molecule has 0 aliphatic heterocycles. The van der Waals surface area contributed by atoms with Crippen molar-refractivity contribution in [2.75, 3.05) is 0 Å². The highest BCUT2D eigenvalue weighted by Gasteiger charge is 2.16. The summed E-state index contributed by atoms with van der Waals surface area (Å²) in [5.41, 5.74) is 3.14. The average molecular weight is 188 g/mol. The minimum Gasteiger partial charge on any atom is -0.211 e. The molecule has 0 radical (unpaired) electrons. The number of aryl methyl sites for hydroxylation is 1. The number of fused-ring (bicyclic) bond motifs is 1. The maximum atomic E-state index is 13.5. The molecule has 0 unspecified atom stereocenters. The molecule has 14 heavy (non-hydrogen) atoms. The second kappa shape index (κ2) is 3.79. The smallest absolute Gasteiger partial charge is 0.104 e. The standard InChI is InChI=1S/C13H13F/c1-2-5-12-11-7-4-3-6-10(11)8-9-13(12)14/h2-4,6-7H,1,5,8-9H2. The highest BCUT2D eigenvalue weighted by molar-refractivity contribution is 5.72. The van der Waals surface area contributed by atoms with E-state index in [9.17, 15) is 4.39 Å². The van der Waals surface area contributed by atoms with Gasteiger partial charge >= 0.3 is 0 Å². The van der Waals surface area contributed by atoms with Gasteiger partial charge in [-0.15, -0.1) is 6.58 Å². The Bertz CT molecular complexity index is 388. The first kappa shape index (κ1) is 9.20. The van der Waals surface area contributed by atoms with Crippen molar-refractivity contribution in [3.8, 4) is 0 Å². The van der Waals surface area contributed by atoms with Gasteiger partial charge < -0.3 is 0 Å². The largest absolute Gasteiger partial charge is 0.211 e. The molecule has 1 aliphatic carbocycles. The summed E-state index contributed by atoms with van der Waals surface area (Å²) in [5.74, 6) is 0.0311. The topological polar surface area (TPSA) is 0 Å². The molecule has 0 N–H and O–H groups in total. The van der Waals surface area contributed by atoms with Crippen LogP contribution in [0, 0.1) is 0 Å². The molecule has 0 bridgehead atoms. The van der Waals surface area contributed by atoms with Crippen LogP contribution in [-0.4, -0.2) is 0 Å². The van der Waals surface area contributed by atoms with E-state index >= 15 is 0 Å². The molecule has 0 nitrogen and oxygen atoms in total. The number of rotatable bonds is 2. The van der Waals surface area contributed by atoms with E-state index < -0.39 is 0 Å². The summed E-state index contributed by atoms with van der Waals surface area (Å²) in [7, 11) is 0. The molecule has 0 spiro atoms. The highest BCUT2D eigenvalue weighted by atomic mass is 19.1. The van der Waals surface area contributed by atoms with Gasteiger partial charge in [0, 0.05) is 6.42 Å². The van der Waals surface area contributed by atoms with E-state index in [1.807, 2.05) is 18.2 Å². The molecule has 2 rings (SSSR count). The van der Waals surface area contributed by atoms with Crippen molar-refractivity contribution in [2.24, 2.45) is 0 Å². The summed E-state index contributed by atoms with van der Waals surface area (Å²) in [6.07, 6.45) is 3.75. The zero-order chi connectivity index (χ0) is 9.97. The van der Waals surface area contributed by atoms with Gasteiger partial charge in [0.2, 0.25) is 0 Å². The lowest BCUT2D eigenvalue weighted by molar-refractivity contribution is 0.583. The first-order valence-electron chi connectivity index (χ1n) is 4.89. The second-order valence-electron chi connectivity index (χ2n) is 3.53. The number of benzene rings is 1. The first-order chi connectivity index (χ1) is 6.83. The molecule has 0 heterocycles. The zero-order valence-electron chi connectivity index (χ0n) is 8.09. The van der Waals surface area contributed by atoms with Crippen LogP contribution >= 0.6 is 0 Å². The first-order valence-corrected chi connectivity index (χ1v) is 4.89. The van der Waals surface area contributed by atoms with Gasteiger partial charge in [0.05, 0.1) is 0 Å². The molecule has 1 aromatic rings. The van der Waals surface area contributed by atoms with E-state index in [0.29, 0.717) is 12.8 Å². The molecular formula is C13H13F. The Morgan fingerprint density at radius 3 is 2.86 bits per heavy atom. The molecule has 1 aliphatic rings. The fraction of sp³-hybridized carbons (Fsp3) is 0.231. The lowest BCUT2D eigenvalue weighted by atomic mass is 9.88. The lowest BCUT2D eigenvalue weighted by Crippen LogP contribution is -2.02. The molecule has 0 fully saturated rings. The maximum absolute atomic E-state index is 13.5. The zero-order valence-corrected chi connectivity index (χ0v) is 8.09. The molecule has 0 aromatic heterocycles. The van der Waals surface area contributed by atoms with Crippen LogP contribution in [0.2, 0.25) is 0 Å². The van der Waals surface area contributed by atoms with Gasteiger partial charge in [-0.1, -0.05) is 30.3 Å². The van der Waals surface area contributed by atoms with Crippen LogP contribution in [-0.2, 0) is 6.42 Å². The van der Waals surface area contributed by atoms with Crippen LogP contribution in [0.1, 0.15) is 24.0 Å². The van der Waals surface area contributed by atoms with Crippen molar-refractivity contribution in [1.29, 1.82) is 0 Å².